The third kappa shape index (κ3) is 6.39. The maximum absolute atomic E-state index is 12.9. The summed E-state index contributed by atoms with van der Waals surface area (Å²) in [5.41, 5.74) is 2.39. The minimum Gasteiger partial charge on any atom is -0.465 e. The molecular formula is C25H25N3O5. The van der Waals surface area contributed by atoms with Crippen molar-refractivity contribution in [1.29, 1.82) is 0 Å². The lowest BCUT2D eigenvalue weighted by Crippen LogP contribution is -2.27. The molecule has 0 bridgehead atoms. The Hall–Kier alpha value is -4.20. The number of carbonyl (C=O) groups is 3. The van der Waals surface area contributed by atoms with Crippen molar-refractivity contribution < 1.29 is 23.9 Å². The highest BCUT2D eigenvalue weighted by molar-refractivity contribution is 6.07. The van der Waals surface area contributed by atoms with Crippen molar-refractivity contribution in [3.8, 4) is 11.1 Å². The smallest absolute Gasteiger partial charge is 0.412 e. The molecule has 2 N–H and O–H groups in total. The number of amides is 2. The van der Waals surface area contributed by atoms with Gasteiger partial charge in [0.05, 0.1) is 24.0 Å². The van der Waals surface area contributed by atoms with Gasteiger partial charge in [0.2, 0.25) is 0 Å². The number of benzene rings is 2. The second-order valence-electron chi connectivity index (χ2n) is 8.15. The molecule has 0 saturated heterocycles. The fourth-order valence-corrected chi connectivity index (χ4v) is 2.95. The van der Waals surface area contributed by atoms with E-state index in [9.17, 15) is 14.4 Å². The first-order valence-corrected chi connectivity index (χ1v) is 10.2. The Balaban J connectivity index is 1.90. The Morgan fingerprint density at radius 2 is 1.55 bits per heavy atom. The van der Waals surface area contributed by atoms with Crippen molar-refractivity contribution in [3.05, 3.63) is 78.1 Å². The van der Waals surface area contributed by atoms with Gasteiger partial charge in [0, 0.05) is 23.5 Å². The van der Waals surface area contributed by atoms with Gasteiger partial charge >= 0.3 is 12.1 Å². The zero-order valence-corrected chi connectivity index (χ0v) is 18.8. The highest BCUT2D eigenvalue weighted by Crippen LogP contribution is 2.30. The summed E-state index contributed by atoms with van der Waals surface area (Å²) in [6.07, 6.45) is 2.73. The zero-order valence-electron chi connectivity index (χ0n) is 18.8. The van der Waals surface area contributed by atoms with Gasteiger partial charge in [-0.1, -0.05) is 12.1 Å². The van der Waals surface area contributed by atoms with Crippen LogP contribution in [0.2, 0.25) is 0 Å². The van der Waals surface area contributed by atoms with Crippen molar-refractivity contribution in [2.75, 3.05) is 17.7 Å². The van der Waals surface area contributed by atoms with Crippen molar-refractivity contribution in [3.63, 3.8) is 0 Å². The molecule has 0 fully saturated rings. The number of hydrogen-bond donors (Lipinski definition) is 2. The minimum atomic E-state index is -0.676. The fourth-order valence-electron chi connectivity index (χ4n) is 2.95. The molecule has 3 aromatic rings. The van der Waals surface area contributed by atoms with Crippen molar-refractivity contribution >= 4 is 29.3 Å². The second-order valence-corrected chi connectivity index (χ2v) is 8.15. The Morgan fingerprint density at radius 3 is 2.15 bits per heavy atom. The van der Waals surface area contributed by atoms with Gasteiger partial charge in [-0.05, 0) is 68.8 Å². The highest BCUT2D eigenvalue weighted by atomic mass is 16.6. The number of esters is 1. The molecule has 8 nitrogen and oxygen atoms in total. The largest absolute Gasteiger partial charge is 0.465 e. The van der Waals surface area contributed by atoms with E-state index in [4.69, 9.17) is 4.74 Å². The number of rotatable bonds is 5. The molecule has 170 valence electrons. The maximum atomic E-state index is 12.9. The van der Waals surface area contributed by atoms with Crippen LogP contribution in [0.25, 0.3) is 11.1 Å². The van der Waals surface area contributed by atoms with Gasteiger partial charge in [-0.25, -0.2) is 9.59 Å². The molecule has 8 heteroatoms. The van der Waals surface area contributed by atoms with Crippen molar-refractivity contribution in [2.45, 2.75) is 26.4 Å². The zero-order chi connectivity index (χ0) is 24.0. The molecular weight excluding hydrogens is 422 g/mol. The number of ether oxygens (including phenoxy) is 2. The number of hydrogen-bond acceptors (Lipinski definition) is 6. The van der Waals surface area contributed by atoms with Gasteiger partial charge in [0.15, 0.2) is 0 Å². The summed E-state index contributed by atoms with van der Waals surface area (Å²) < 4.78 is 10.0. The van der Waals surface area contributed by atoms with Gasteiger partial charge in [-0.2, -0.15) is 0 Å². The molecule has 2 amide bonds. The normalized spacial score (nSPS) is 10.8. The first-order chi connectivity index (χ1) is 15.7. The second kappa shape index (κ2) is 9.95. The average molecular weight is 447 g/mol. The number of methoxy groups -OCH3 is 1. The Labute approximate surface area is 191 Å². The standard InChI is InChI=1S/C25H25N3O5/c1-25(2,3)33-24(31)28-20-12-11-18(19-6-5-13-26-15-19)14-21(20)27-22(29)16-7-9-17(10-8-16)23(30)32-4/h5-15H,1-4H3,(H,27,29)(H,28,31). The Bertz CT molecular complexity index is 1150. The van der Waals surface area contributed by atoms with E-state index in [1.165, 1.54) is 31.4 Å². The predicted molar refractivity (Wildman–Crippen MR) is 125 cm³/mol. The van der Waals surface area contributed by atoms with Crippen molar-refractivity contribution in [1.82, 2.24) is 4.98 Å². The van der Waals surface area contributed by atoms with Gasteiger partial charge in [-0.15, -0.1) is 0 Å². The van der Waals surface area contributed by atoms with E-state index in [0.29, 0.717) is 22.5 Å². The van der Waals surface area contributed by atoms with Crippen molar-refractivity contribution in [2.24, 2.45) is 0 Å². The number of carbonyl (C=O) groups excluding carboxylic acids is 3. The molecule has 3 rings (SSSR count). The molecule has 0 saturated carbocycles. The number of aromatic nitrogens is 1. The summed E-state index contributed by atoms with van der Waals surface area (Å²) in [5, 5.41) is 5.50. The number of nitrogens with zero attached hydrogens (tertiary/aromatic N) is 1. The minimum absolute atomic E-state index is 0.331. The maximum Gasteiger partial charge on any atom is 0.412 e. The van der Waals surface area contributed by atoms with Gasteiger partial charge in [0.1, 0.15) is 5.60 Å². The lowest BCUT2D eigenvalue weighted by molar-refractivity contribution is 0.0598. The molecule has 2 aromatic carbocycles. The van der Waals surface area contributed by atoms with Crippen LogP contribution in [0.5, 0.6) is 0 Å². The molecule has 0 radical (unpaired) electrons. The summed E-state index contributed by atoms with van der Waals surface area (Å²) in [6.45, 7) is 5.29. The topological polar surface area (TPSA) is 107 Å². The van der Waals surface area contributed by atoms with Crippen LogP contribution in [0, 0.1) is 0 Å². The monoisotopic (exact) mass is 447 g/mol. The third-order valence-corrected chi connectivity index (χ3v) is 4.47. The van der Waals surface area contributed by atoms with Crippen LogP contribution in [0.1, 0.15) is 41.5 Å². The van der Waals surface area contributed by atoms with Gasteiger partial charge in [-0.3, -0.25) is 15.1 Å². The number of nitrogens with one attached hydrogen (secondary N) is 2. The molecule has 0 aliphatic heterocycles. The molecule has 0 aliphatic carbocycles. The summed E-state index contributed by atoms with van der Waals surface area (Å²) in [5.74, 6) is -0.906. The first kappa shape index (κ1) is 23.5. The van der Waals surface area contributed by atoms with Crippen LogP contribution in [-0.4, -0.2) is 35.7 Å². The molecule has 0 spiro atoms. The van der Waals surface area contributed by atoms with E-state index in [0.717, 1.165) is 11.1 Å². The van der Waals surface area contributed by atoms with E-state index in [-0.39, 0.29) is 0 Å². The lowest BCUT2D eigenvalue weighted by atomic mass is 10.1. The summed E-state index contributed by atoms with van der Waals surface area (Å²) in [4.78, 5) is 41.0. The SMILES string of the molecule is COC(=O)c1ccc(C(=O)Nc2cc(-c3cccnc3)ccc2NC(=O)OC(C)(C)C)cc1. The first-order valence-electron chi connectivity index (χ1n) is 10.2. The molecule has 0 atom stereocenters. The van der Waals surface area contributed by atoms with Crippen LogP contribution in [0.15, 0.2) is 67.0 Å². The predicted octanol–water partition coefficient (Wildman–Crippen LogP) is 5.13. The van der Waals surface area contributed by atoms with E-state index < -0.39 is 23.6 Å². The van der Waals surface area contributed by atoms with E-state index in [1.807, 2.05) is 18.2 Å². The molecule has 0 aliphatic rings. The summed E-state index contributed by atoms with van der Waals surface area (Å²) in [6, 6.07) is 15.0. The van der Waals surface area contributed by atoms with E-state index in [1.54, 1.807) is 45.3 Å². The number of pyridine rings is 1. The van der Waals surface area contributed by atoms with E-state index in [2.05, 4.69) is 20.4 Å². The molecule has 0 unspecified atom stereocenters. The lowest BCUT2D eigenvalue weighted by Gasteiger charge is -2.21. The summed E-state index contributed by atoms with van der Waals surface area (Å²) >= 11 is 0. The molecule has 33 heavy (non-hydrogen) atoms. The quantitative estimate of drug-likeness (QED) is 0.525. The summed E-state index contributed by atoms with van der Waals surface area (Å²) in [7, 11) is 1.29. The average Bonchev–Trinajstić information content (AvgIpc) is 2.79. The van der Waals surface area contributed by atoms with E-state index >= 15 is 0 Å². The molecule has 1 heterocycles. The van der Waals surface area contributed by atoms with Crippen LogP contribution in [0.3, 0.4) is 0 Å². The Kier molecular flexibility index (Phi) is 7.07. The Morgan fingerprint density at radius 1 is 0.848 bits per heavy atom. The van der Waals surface area contributed by atoms with Crippen LogP contribution >= 0.6 is 0 Å². The van der Waals surface area contributed by atoms with Crippen LogP contribution in [-0.2, 0) is 9.47 Å². The molecule has 1 aromatic heterocycles. The van der Waals surface area contributed by atoms with Crippen LogP contribution in [0.4, 0.5) is 16.2 Å². The van der Waals surface area contributed by atoms with Gasteiger partial charge < -0.3 is 14.8 Å². The number of anilines is 2. The third-order valence-electron chi connectivity index (χ3n) is 4.47. The fraction of sp³-hybridized carbons (Fsp3) is 0.200. The van der Waals surface area contributed by atoms with Crippen LogP contribution < -0.4 is 10.6 Å². The highest BCUT2D eigenvalue weighted by Gasteiger charge is 2.19. The van der Waals surface area contributed by atoms with Gasteiger partial charge in [0.25, 0.3) is 5.91 Å².